The summed E-state index contributed by atoms with van der Waals surface area (Å²) < 4.78 is 63.9. The summed E-state index contributed by atoms with van der Waals surface area (Å²) in [6, 6.07) is 12.9. The number of alkyl halides is 1. The van der Waals surface area contributed by atoms with E-state index in [-0.39, 0.29) is 12.3 Å². The SMILES string of the molecule is CC(C)(F)S(=O)(=O)N[C@@H]1[C@H](Cc2cccc(-c3ccccc3)c2F)N(C(=O)C2CCO2)CC12CC2. The van der Waals surface area contributed by atoms with Crippen LogP contribution in [0.4, 0.5) is 8.78 Å². The number of sulfonamides is 1. The van der Waals surface area contributed by atoms with Gasteiger partial charge in [-0.1, -0.05) is 48.5 Å². The number of carbonyl (C=O) groups excluding carboxylic acids is 1. The number of halogens is 2. The third-order valence-corrected chi connectivity index (χ3v) is 9.44. The van der Waals surface area contributed by atoms with E-state index in [2.05, 4.69) is 4.72 Å². The summed E-state index contributed by atoms with van der Waals surface area (Å²) in [5.41, 5.74) is 1.06. The standard InChI is InChI=1S/C26H30F2N2O4S/c1-25(2,28)35(32,33)29-23-20(30(16-26(23)12-13-26)24(31)21-11-14-34-21)15-18-9-6-10-19(22(18)27)17-7-4-3-5-8-17/h3-10,20-21,23,29H,11-16H2,1-2H3/t20-,21?,23+/m0/s1. The topological polar surface area (TPSA) is 75.7 Å². The van der Waals surface area contributed by atoms with Crippen molar-refractivity contribution in [1.82, 2.24) is 9.62 Å². The monoisotopic (exact) mass is 504 g/mol. The van der Waals surface area contributed by atoms with Crippen molar-refractivity contribution in [2.24, 2.45) is 5.41 Å². The number of hydrogen-bond donors (Lipinski definition) is 1. The van der Waals surface area contributed by atoms with Gasteiger partial charge in [0.05, 0.1) is 12.6 Å². The largest absolute Gasteiger partial charge is 0.368 e. The Hall–Kier alpha value is -2.36. The number of nitrogens with zero attached hydrogens (tertiary/aromatic N) is 1. The molecule has 35 heavy (non-hydrogen) atoms. The third kappa shape index (κ3) is 4.38. The highest BCUT2D eigenvalue weighted by Gasteiger charge is 2.62. The Labute approximate surface area is 204 Å². The maximum atomic E-state index is 15.7. The maximum absolute atomic E-state index is 15.7. The van der Waals surface area contributed by atoms with E-state index in [0.717, 1.165) is 19.4 Å². The molecule has 2 aliphatic heterocycles. The maximum Gasteiger partial charge on any atom is 0.252 e. The van der Waals surface area contributed by atoms with E-state index < -0.39 is 44.4 Å². The van der Waals surface area contributed by atoms with Crippen LogP contribution < -0.4 is 4.72 Å². The highest BCUT2D eigenvalue weighted by molar-refractivity contribution is 7.90. The summed E-state index contributed by atoms with van der Waals surface area (Å²) in [7, 11) is -4.34. The van der Waals surface area contributed by atoms with Gasteiger partial charge in [0.1, 0.15) is 11.9 Å². The van der Waals surface area contributed by atoms with Crippen LogP contribution in [0.25, 0.3) is 11.1 Å². The summed E-state index contributed by atoms with van der Waals surface area (Å²) in [5.74, 6) is -0.622. The smallest absolute Gasteiger partial charge is 0.252 e. The van der Waals surface area contributed by atoms with E-state index in [4.69, 9.17) is 4.74 Å². The third-order valence-electron chi connectivity index (χ3n) is 7.59. The number of rotatable bonds is 7. The molecule has 188 valence electrons. The van der Waals surface area contributed by atoms with Gasteiger partial charge in [0.2, 0.25) is 15.0 Å². The number of ether oxygens (including phenoxy) is 1. The second kappa shape index (κ2) is 8.64. The molecule has 3 fully saturated rings. The van der Waals surface area contributed by atoms with Crippen molar-refractivity contribution in [3.05, 3.63) is 59.9 Å². The first-order chi connectivity index (χ1) is 16.5. The van der Waals surface area contributed by atoms with Crippen molar-refractivity contribution in [1.29, 1.82) is 0 Å². The molecule has 3 aliphatic rings. The zero-order chi connectivity index (χ0) is 25.0. The second-order valence-electron chi connectivity index (χ2n) is 10.4. The zero-order valence-corrected chi connectivity index (χ0v) is 20.7. The van der Waals surface area contributed by atoms with Crippen molar-refractivity contribution in [2.45, 2.75) is 62.7 Å². The van der Waals surface area contributed by atoms with Gasteiger partial charge in [0.15, 0.2) is 0 Å². The predicted octanol–water partition coefficient (Wildman–Crippen LogP) is 3.81. The Bertz CT molecular complexity index is 1220. The summed E-state index contributed by atoms with van der Waals surface area (Å²) in [5, 5.41) is -2.50. The molecule has 1 amide bonds. The molecule has 1 unspecified atom stereocenters. The first kappa shape index (κ1) is 24.3. The number of carbonyl (C=O) groups is 1. The normalized spacial score (nSPS) is 25.5. The number of amides is 1. The molecular formula is C26H30F2N2O4S. The molecule has 0 aromatic heterocycles. The molecule has 2 heterocycles. The summed E-state index contributed by atoms with van der Waals surface area (Å²) in [4.78, 5) is 14.9. The lowest BCUT2D eigenvalue weighted by Crippen LogP contribution is -2.55. The molecule has 6 nitrogen and oxygen atoms in total. The van der Waals surface area contributed by atoms with E-state index in [1.807, 2.05) is 30.3 Å². The lowest BCUT2D eigenvalue weighted by Gasteiger charge is -2.35. The van der Waals surface area contributed by atoms with Crippen molar-refractivity contribution < 1.29 is 26.7 Å². The summed E-state index contributed by atoms with van der Waals surface area (Å²) >= 11 is 0. The fourth-order valence-corrected chi connectivity index (χ4v) is 6.19. The van der Waals surface area contributed by atoms with E-state index in [9.17, 15) is 17.6 Å². The van der Waals surface area contributed by atoms with Crippen LogP contribution in [0.5, 0.6) is 0 Å². The number of likely N-dealkylation sites (tertiary alicyclic amines) is 1. The summed E-state index contributed by atoms with van der Waals surface area (Å²) in [6.07, 6.45) is 1.56. The molecule has 1 spiro atoms. The Kier molecular flexibility index (Phi) is 6.01. The van der Waals surface area contributed by atoms with Gasteiger partial charge in [0.25, 0.3) is 5.91 Å². The van der Waals surface area contributed by atoms with Crippen molar-refractivity contribution in [3.8, 4) is 11.1 Å². The molecule has 2 saturated heterocycles. The van der Waals surface area contributed by atoms with E-state index >= 15 is 4.39 Å². The van der Waals surface area contributed by atoms with Gasteiger partial charge in [-0.05, 0) is 44.2 Å². The molecule has 1 N–H and O–H groups in total. The van der Waals surface area contributed by atoms with Crippen LogP contribution in [0.3, 0.4) is 0 Å². The number of hydrogen-bond acceptors (Lipinski definition) is 4. The molecule has 3 atom stereocenters. The molecule has 1 aliphatic carbocycles. The van der Waals surface area contributed by atoms with Gasteiger partial charge in [-0.15, -0.1) is 0 Å². The first-order valence-corrected chi connectivity index (χ1v) is 13.5. The fourth-order valence-electron chi connectivity index (χ4n) is 5.17. The van der Waals surface area contributed by atoms with Crippen molar-refractivity contribution in [2.75, 3.05) is 13.2 Å². The van der Waals surface area contributed by atoms with Crippen LogP contribution in [0.2, 0.25) is 0 Å². The Balaban J connectivity index is 1.52. The minimum Gasteiger partial charge on any atom is -0.368 e. The van der Waals surface area contributed by atoms with E-state index in [1.54, 1.807) is 23.1 Å². The van der Waals surface area contributed by atoms with Gasteiger partial charge < -0.3 is 9.64 Å². The van der Waals surface area contributed by atoms with Crippen molar-refractivity contribution >= 4 is 15.9 Å². The van der Waals surface area contributed by atoms with Crippen LogP contribution in [0, 0.1) is 11.2 Å². The predicted molar refractivity (Wildman–Crippen MR) is 128 cm³/mol. The first-order valence-electron chi connectivity index (χ1n) is 12.0. The minimum absolute atomic E-state index is 0.104. The van der Waals surface area contributed by atoms with Gasteiger partial charge in [0, 0.05) is 30.0 Å². The molecule has 5 rings (SSSR count). The molecule has 2 aromatic carbocycles. The van der Waals surface area contributed by atoms with E-state index in [1.165, 1.54) is 0 Å². The molecular weight excluding hydrogens is 474 g/mol. The average Bonchev–Trinajstić information content (AvgIpc) is 3.49. The van der Waals surface area contributed by atoms with Gasteiger partial charge in [-0.3, -0.25) is 4.79 Å². The molecule has 0 radical (unpaired) electrons. The average molecular weight is 505 g/mol. The highest BCUT2D eigenvalue weighted by Crippen LogP contribution is 2.56. The van der Waals surface area contributed by atoms with Crippen LogP contribution in [0.1, 0.15) is 38.7 Å². The quantitative estimate of drug-likeness (QED) is 0.622. The van der Waals surface area contributed by atoms with Crippen molar-refractivity contribution in [3.63, 3.8) is 0 Å². The lowest BCUT2D eigenvalue weighted by molar-refractivity contribution is -0.157. The molecule has 0 bridgehead atoms. The summed E-state index contributed by atoms with van der Waals surface area (Å²) in [6.45, 7) is 2.83. The zero-order valence-electron chi connectivity index (χ0n) is 19.8. The Morgan fingerprint density at radius 3 is 2.43 bits per heavy atom. The van der Waals surface area contributed by atoms with E-state index in [0.29, 0.717) is 43.5 Å². The second-order valence-corrected chi connectivity index (χ2v) is 12.6. The molecule has 9 heteroatoms. The highest BCUT2D eigenvalue weighted by atomic mass is 32.2. The molecule has 2 aromatic rings. The van der Waals surface area contributed by atoms with Crippen LogP contribution >= 0.6 is 0 Å². The lowest BCUT2D eigenvalue weighted by atomic mass is 9.91. The number of benzene rings is 2. The fraction of sp³-hybridized carbons (Fsp3) is 0.500. The van der Waals surface area contributed by atoms with Crippen LogP contribution in [-0.4, -0.2) is 55.6 Å². The Morgan fingerprint density at radius 1 is 1.17 bits per heavy atom. The van der Waals surface area contributed by atoms with Gasteiger partial charge in [-0.25, -0.2) is 21.9 Å². The van der Waals surface area contributed by atoms with Crippen LogP contribution in [-0.2, 0) is 26.0 Å². The number of nitrogens with one attached hydrogen (secondary N) is 1. The Morgan fingerprint density at radius 2 is 1.86 bits per heavy atom. The van der Waals surface area contributed by atoms with Gasteiger partial charge >= 0.3 is 0 Å². The minimum atomic E-state index is -4.34. The molecule has 1 saturated carbocycles. The van der Waals surface area contributed by atoms with Gasteiger partial charge in [-0.2, -0.15) is 0 Å². The van der Waals surface area contributed by atoms with Crippen LogP contribution in [0.15, 0.2) is 48.5 Å².